The Labute approximate surface area is 161 Å². The van der Waals surface area contributed by atoms with Gasteiger partial charge < -0.3 is 15.2 Å². The summed E-state index contributed by atoms with van der Waals surface area (Å²) in [5, 5.41) is 19.6. The number of fused-ring (bicyclic) bond motifs is 1. The van der Waals surface area contributed by atoms with Crippen molar-refractivity contribution in [2.24, 2.45) is 5.92 Å². The Bertz CT molecular complexity index is 1080. The maximum absolute atomic E-state index is 12.5. The zero-order chi connectivity index (χ0) is 19.7. The standard InChI is InChI=1S/C22H22N2O4/c25-20-17-11-16(21(26)24-18(17)12-23-19(20)22(27)28)15-8-6-14(7-9-15)10-13-4-2-1-3-5-13/h6-9,11-13,25H,1-5,10H2,(H,24,26)(H,27,28). The fraction of sp³-hybridized carbons (Fsp3) is 0.318. The third-order valence-corrected chi connectivity index (χ3v) is 5.59. The molecule has 0 spiro atoms. The summed E-state index contributed by atoms with van der Waals surface area (Å²) >= 11 is 0. The fourth-order valence-electron chi connectivity index (χ4n) is 4.08. The third-order valence-electron chi connectivity index (χ3n) is 5.59. The van der Waals surface area contributed by atoms with Gasteiger partial charge in [-0.25, -0.2) is 9.78 Å². The number of carboxylic acid groups (broad SMARTS) is 1. The maximum atomic E-state index is 12.5. The highest BCUT2D eigenvalue weighted by Gasteiger charge is 2.17. The quantitative estimate of drug-likeness (QED) is 0.634. The van der Waals surface area contributed by atoms with Crippen molar-refractivity contribution in [2.45, 2.75) is 38.5 Å². The van der Waals surface area contributed by atoms with Crippen LogP contribution in [0.1, 0.15) is 48.2 Å². The van der Waals surface area contributed by atoms with Gasteiger partial charge in [-0.1, -0.05) is 56.4 Å². The topological polar surface area (TPSA) is 103 Å². The lowest BCUT2D eigenvalue weighted by molar-refractivity contribution is 0.0687. The number of aromatic nitrogens is 2. The molecule has 1 aliphatic carbocycles. The van der Waals surface area contributed by atoms with Gasteiger partial charge in [0.2, 0.25) is 0 Å². The number of carbonyl (C=O) groups is 1. The predicted octanol–water partition coefficient (Wildman–Crippen LogP) is 4.12. The van der Waals surface area contributed by atoms with Gasteiger partial charge >= 0.3 is 5.97 Å². The van der Waals surface area contributed by atoms with Gasteiger partial charge in [0.15, 0.2) is 11.4 Å². The minimum atomic E-state index is -1.32. The van der Waals surface area contributed by atoms with E-state index in [4.69, 9.17) is 5.11 Å². The first-order chi connectivity index (χ1) is 13.5. The molecule has 2 aromatic heterocycles. The van der Waals surface area contributed by atoms with E-state index in [1.54, 1.807) is 0 Å². The number of H-pyrrole nitrogens is 1. The van der Waals surface area contributed by atoms with Crippen molar-refractivity contribution in [1.29, 1.82) is 0 Å². The van der Waals surface area contributed by atoms with E-state index in [1.165, 1.54) is 49.9 Å². The minimum absolute atomic E-state index is 0.258. The van der Waals surface area contributed by atoms with Crippen LogP contribution < -0.4 is 5.56 Å². The number of aromatic amines is 1. The summed E-state index contributed by atoms with van der Waals surface area (Å²) in [6.07, 6.45) is 8.83. The van der Waals surface area contributed by atoms with Crippen molar-refractivity contribution < 1.29 is 15.0 Å². The molecule has 0 amide bonds. The second-order valence-electron chi connectivity index (χ2n) is 7.51. The molecule has 0 saturated heterocycles. The lowest BCUT2D eigenvalue weighted by atomic mass is 9.84. The fourth-order valence-corrected chi connectivity index (χ4v) is 4.08. The molecule has 0 atom stereocenters. The van der Waals surface area contributed by atoms with Crippen molar-refractivity contribution in [3.05, 3.63) is 58.1 Å². The zero-order valence-corrected chi connectivity index (χ0v) is 15.4. The van der Waals surface area contributed by atoms with Gasteiger partial charge in [0, 0.05) is 10.9 Å². The lowest BCUT2D eigenvalue weighted by Gasteiger charge is -2.21. The number of hydrogen-bond donors (Lipinski definition) is 3. The summed E-state index contributed by atoms with van der Waals surface area (Å²) in [5.41, 5.74) is 1.92. The van der Waals surface area contributed by atoms with Crippen LogP contribution in [-0.4, -0.2) is 26.2 Å². The van der Waals surface area contributed by atoms with E-state index in [-0.39, 0.29) is 10.9 Å². The van der Waals surface area contributed by atoms with Crippen LogP contribution in [0.15, 0.2) is 41.3 Å². The van der Waals surface area contributed by atoms with Crippen LogP contribution in [0.3, 0.4) is 0 Å². The number of carboxylic acids is 1. The number of aromatic hydroxyl groups is 1. The normalized spacial score (nSPS) is 15.0. The van der Waals surface area contributed by atoms with Crippen LogP contribution in [0.5, 0.6) is 5.75 Å². The zero-order valence-electron chi connectivity index (χ0n) is 15.4. The van der Waals surface area contributed by atoms with Gasteiger partial charge in [0.25, 0.3) is 5.56 Å². The number of pyridine rings is 2. The summed E-state index contributed by atoms with van der Waals surface area (Å²) in [4.78, 5) is 30.0. The van der Waals surface area contributed by atoms with Crippen LogP contribution in [0.25, 0.3) is 22.0 Å². The van der Waals surface area contributed by atoms with Crippen molar-refractivity contribution in [2.75, 3.05) is 0 Å². The van der Waals surface area contributed by atoms with Crippen LogP contribution in [0.4, 0.5) is 0 Å². The smallest absolute Gasteiger partial charge is 0.358 e. The van der Waals surface area contributed by atoms with Crippen molar-refractivity contribution in [3.63, 3.8) is 0 Å². The highest BCUT2D eigenvalue weighted by atomic mass is 16.4. The van der Waals surface area contributed by atoms with E-state index in [1.807, 2.05) is 24.3 Å². The SMILES string of the molecule is O=C(O)c1ncc2[nH]c(=O)c(-c3ccc(CC4CCCCC4)cc3)cc2c1O. The van der Waals surface area contributed by atoms with Gasteiger partial charge in [-0.05, 0) is 29.5 Å². The molecule has 3 aromatic rings. The molecule has 4 rings (SSSR count). The first-order valence-electron chi connectivity index (χ1n) is 9.60. The first kappa shape index (κ1) is 18.2. The number of benzene rings is 1. The molecule has 6 nitrogen and oxygen atoms in total. The van der Waals surface area contributed by atoms with E-state index in [0.717, 1.165) is 17.9 Å². The van der Waals surface area contributed by atoms with Gasteiger partial charge in [0.1, 0.15) is 0 Å². The van der Waals surface area contributed by atoms with Crippen LogP contribution in [0.2, 0.25) is 0 Å². The van der Waals surface area contributed by atoms with Crippen LogP contribution in [-0.2, 0) is 6.42 Å². The van der Waals surface area contributed by atoms with E-state index in [0.29, 0.717) is 11.1 Å². The molecule has 28 heavy (non-hydrogen) atoms. The Morgan fingerprint density at radius 3 is 2.54 bits per heavy atom. The van der Waals surface area contributed by atoms with E-state index in [2.05, 4.69) is 9.97 Å². The maximum Gasteiger partial charge on any atom is 0.358 e. The molecule has 2 heterocycles. The monoisotopic (exact) mass is 378 g/mol. The summed E-state index contributed by atoms with van der Waals surface area (Å²) in [6.45, 7) is 0. The molecule has 0 unspecified atom stereocenters. The van der Waals surface area contributed by atoms with Crippen molar-refractivity contribution in [3.8, 4) is 16.9 Å². The Hall–Kier alpha value is -3.15. The Balaban J connectivity index is 1.68. The third kappa shape index (κ3) is 3.50. The van der Waals surface area contributed by atoms with E-state index >= 15 is 0 Å². The molecule has 1 aromatic carbocycles. The van der Waals surface area contributed by atoms with Crippen LogP contribution >= 0.6 is 0 Å². The molecule has 1 saturated carbocycles. The van der Waals surface area contributed by atoms with E-state index < -0.39 is 17.4 Å². The number of nitrogens with zero attached hydrogens (tertiary/aromatic N) is 1. The molecule has 1 aliphatic rings. The molecular weight excluding hydrogens is 356 g/mol. The molecule has 0 bridgehead atoms. The molecular formula is C22H22N2O4. The second kappa shape index (κ2) is 7.46. The molecule has 144 valence electrons. The minimum Gasteiger partial charge on any atom is -0.505 e. The summed E-state index contributed by atoms with van der Waals surface area (Å²) in [7, 11) is 0. The molecule has 6 heteroatoms. The van der Waals surface area contributed by atoms with Gasteiger partial charge in [-0.2, -0.15) is 0 Å². The van der Waals surface area contributed by atoms with Gasteiger partial charge in [-0.15, -0.1) is 0 Å². The molecule has 1 fully saturated rings. The number of rotatable bonds is 4. The predicted molar refractivity (Wildman–Crippen MR) is 107 cm³/mol. The second-order valence-corrected chi connectivity index (χ2v) is 7.51. The molecule has 0 radical (unpaired) electrons. The van der Waals surface area contributed by atoms with Gasteiger partial charge in [-0.3, -0.25) is 4.79 Å². The lowest BCUT2D eigenvalue weighted by Crippen LogP contribution is -2.11. The average molecular weight is 378 g/mol. The highest BCUT2D eigenvalue weighted by Crippen LogP contribution is 2.30. The largest absolute Gasteiger partial charge is 0.505 e. The highest BCUT2D eigenvalue weighted by molar-refractivity contribution is 5.98. The Morgan fingerprint density at radius 1 is 1.14 bits per heavy atom. The molecule has 3 N–H and O–H groups in total. The summed E-state index contributed by atoms with van der Waals surface area (Å²) in [5.74, 6) is -1.03. The number of nitrogens with one attached hydrogen (secondary N) is 1. The van der Waals surface area contributed by atoms with E-state index in [9.17, 15) is 14.7 Å². The Kier molecular flexibility index (Phi) is 4.86. The first-order valence-corrected chi connectivity index (χ1v) is 9.60. The van der Waals surface area contributed by atoms with Crippen LogP contribution in [0, 0.1) is 5.92 Å². The average Bonchev–Trinajstić information content (AvgIpc) is 2.69. The van der Waals surface area contributed by atoms with Gasteiger partial charge in [0.05, 0.1) is 11.7 Å². The molecule has 0 aliphatic heterocycles. The van der Waals surface area contributed by atoms with Crippen molar-refractivity contribution in [1.82, 2.24) is 9.97 Å². The Morgan fingerprint density at radius 2 is 1.86 bits per heavy atom. The summed E-state index contributed by atoms with van der Waals surface area (Å²) in [6, 6.07) is 9.43. The number of hydrogen-bond acceptors (Lipinski definition) is 4. The summed E-state index contributed by atoms with van der Waals surface area (Å²) < 4.78 is 0. The number of aromatic carboxylic acids is 1. The van der Waals surface area contributed by atoms with Crippen molar-refractivity contribution >= 4 is 16.9 Å².